The maximum absolute atomic E-state index is 12.0. The van der Waals surface area contributed by atoms with Crippen LogP contribution in [0.4, 0.5) is 5.69 Å². The second-order valence-electron chi connectivity index (χ2n) is 3.93. The van der Waals surface area contributed by atoms with Crippen LogP contribution in [0.15, 0.2) is 36.8 Å². The van der Waals surface area contributed by atoms with Crippen molar-refractivity contribution in [1.82, 2.24) is 9.55 Å². The number of aromatic nitrogens is 2. The molecule has 1 aromatic heterocycles. The van der Waals surface area contributed by atoms with Crippen LogP contribution in [0.3, 0.4) is 0 Å². The Balaban J connectivity index is 2.21. The summed E-state index contributed by atoms with van der Waals surface area (Å²) in [5.74, 6) is 5.43. The summed E-state index contributed by atoms with van der Waals surface area (Å²) in [5, 5.41) is 2.79. The minimum absolute atomic E-state index is 0.261. The first-order valence-electron chi connectivity index (χ1n) is 5.78. The van der Waals surface area contributed by atoms with Gasteiger partial charge >= 0.3 is 0 Å². The van der Waals surface area contributed by atoms with Gasteiger partial charge in [0.2, 0.25) is 0 Å². The summed E-state index contributed by atoms with van der Waals surface area (Å²) in [5.41, 5.74) is 7.10. The summed E-state index contributed by atoms with van der Waals surface area (Å²) >= 11 is 0. The van der Waals surface area contributed by atoms with E-state index in [9.17, 15) is 4.79 Å². The molecule has 0 unspecified atom stereocenters. The molecule has 2 rings (SSSR count). The Hall–Kier alpha value is -2.58. The number of nitrogens with one attached hydrogen (secondary N) is 1. The quantitative estimate of drug-likeness (QED) is 0.785. The number of nitrogens with two attached hydrogens (primary N) is 1. The molecule has 2 aromatic rings. The number of aryl methyl sites for hydroxylation is 1. The molecule has 5 nitrogen and oxygen atoms in total. The number of carbonyl (C=O) groups is 1. The van der Waals surface area contributed by atoms with Gasteiger partial charge in [-0.25, -0.2) is 4.98 Å². The number of carbonyl (C=O) groups excluding carboxylic acids is 1. The third-order valence-corrected chi connectivity index (χ3v) is 2.44. The molecule has 19 heavy (non-hydrogen) atoms. The summed E-state index contributed by atoms with van der Waals surface area (Å²) in [4.78, 5) is 16.0. The van der Waals surface area contributed by atoms with Crippen LogP contribution in [0, 0.1) is 11.8 Å². The van der Waals surface area contributed by atoms with Crippen molar-refractivity contribution in [3.8, 4) is 11.8 Å². The Kier molecular flexibility index (Phi) is 3.96. The van der Waals surface area contributed by atoms with Crippen LogP contribution in [0.2, 0.25) is 0 Å². The van der Waals surface area contributed by atoms with Crippen LogP contribution in [0.1, 0.15) is 16.1 Å². The van der Waals surface area contributed by atoms with Crippen molar-refractivity contribution in [2.45, 2.75) is 0 Å². The van der Waals surface area contributed by atoms with Crippen LogP contribution in [0.5, 0.6) is 0 Å². The molecular formula is C14H14N4O. The molecule has 3 N–H and O–H groups in total. The number of amides is 1. The fourth-order valence-electron chi connectivity index (χ4n) is 1.56. The molecule has 0 bridgehead atoms. The average Bonchev–Trinajstić information content (AvgIpc) is 2.84. The summed E-state index contributed by atoms with van der Waals surface area (Å²) in [6.07, 6.45) is 3.23. The molecule has 5 heteroatoms. The van der Waals surface area contributed by atoms with Crippen molar-refractivity contribution in [2.75, 3.05) is 11.9 Å². The molecule has 0 atom stereocenters. The molecule has 1 heterocycles. The molecule has 0 spiro atoms. The number of nitrogens with zero attached hydrogens (tertiary/aromatic N) is 2. The van der Waals surface area contributed by atoms with Crippen LogP contribution in [-0.2, 0) is 7.05 Å². The first-order valence-corrected chi connectivity index (χ1v) is 5.78. The molecule has 1 amide bonds. The summed E-state index contributed by atoms with van der Waals surface area (Å²) in [6, 6.07) is 7.32. The lowest BCUT2D eigenvalue weighted by molar-refractivity contribution is 0.102. The number of imidazole rings is 1. The predicted octanol–water partition coefficient (Wildman–Crippen LogP) is 0.983. The molecule has 0 saturated heterocycles. The largest absolute Gasteiger partial charge is 0.340 e. The minimum Gasteiger partial charge on any atom is -0.340 e. The van der Waals surface area contributed by atoms with Gasteiger partial charge in [0.1, 0.15) is 5.69 Å². The Morgan fingerprint density at radius 2 is 2.26 bits per heavy atom. The van der Waals surface area contributed by atoms with Crippen molar-refractivity contribution in [2.24, 2.45) is 12.8 Å². The maximum atomic E-state index is 12.0. The van der Waals surface area contributed by atoms with Gasteiger partial charge in [-0.15, -0.1) is 0 Å². The zero-order chi connectivity index (χ0) is 13.7. The monoisotopic (exact) mass is 254 g/mol. The fourth-order valence-corrected chi connectivity index (χ4v) is 1.56. The molecule has 96 valence electrons. The zero-order valence-corrected chi connectivity index (χ0v) is 10.6. The normalized spacial score (nSPS) is 9.58. The van der Waals surface area contributed by atoms with E-state index in [-0.39, 0.29) is 12.5 Å². The number of anilines is 1. The van der Waals surface area contributed by atoms with Gasteiger partial charge in [0.25, 0.3) is 5.91 Å². The van der Waals surface area contributed by atoms with E-state index in [1.807, 2.05) is 25.2 Å². The van der Waals surface area contributed by atoms with Crippen LogP contribution < -0.4 is 11.1 Å². The molecule has 0 aliphatic rings. The highest BCUT2D eigenvalue weighted by Crippen LogP contribution is 2.14. The minimum atomic E-state index is -0.261. The molecule has 0 aliphatic heterocycles. The highest BCUT2D eigenvalue weighted by atomic mass is 16.1. The maximum Gasteiger partial charge on any atom is 0.275 e. The van der Waals surface area contributed by atoms with E-state index < -0.39 is 0 Å². The van der Waals surface area contributed by atoms with Crippen molar-refractivity contribution >= 4 is 11.6 Å². The van der Waals surface area contributed by atoms with E-state index in [2.05, 4.69) is 22.1 Å². The second kappa shape index (κ2) is 5.85. The van der Waals surface area contributed by atoms with Gasteiger partial charge in [-0.3, -0.25) is 4.79 Å². The van der Waals surface area contributed by atoms with Crippen molar-refractivity contribution in [1.29, 1.82) is 0 Å². The van der Waals surface area contributed by atoms with E-state index in [1.165, 1.54) is 0 Å². The third kappa shape index (κ3) is 3.21. The van der Waals surface area contributed by atoms with Gasteiger partial charge < -0.3 is 15.6 Å². The lowest BCUT2D eigenvalue weighted by Gasteiger charge is -2.05. The summed E-state index contributed by atoms with van der Waals surface area (Å²) in [6.45, 7) is 0.280. The second-order valence-corrected chi connectivity index (χ2v) is 3.93. The van der Waals surface area contributed by atoms with Crippen LogP contribution >= 0.6 is 0 Å². The lowest BCUT2D eigenvalue weighted by atomic mass is 10.2. The topological polar surface area (TPSA) is 72.9 Å². The molecule has 0 fully saturated rings. The first kappa shape index (κ1) is 12.9. The molecule has 0 aliphatic carbocycles. The Morgan fingerprint density at radius 3 is 2.95 bits per heavy atom. The SMILES string of the molecule is Cn1cnc(C(=O)Nc2ccccc2C#CCN)c1. The van der Waals surface area contributed by atoms with Crippen molar-refractivity contribution in [3.63, 3.8) is 0 Å². The van der Waals surface area contributed by atoms with Gasteiger partial charge in [0, 0.05) is 18.8 Å². The molecule has 0 radical (unpaired) electrons. The molecule has 0 saturated carbocycles. The summed E-state index contributed by atoms with van der Waals surface area (Å²) < 4.78 is 1.72. The standard InChI is InChI=1S/C14H14N4O/c1-18-9-13(16-10-18)14(19)17-12-7-3-2-5-11(12)6-4-8-15/h2-3,5,7,9-10H,8,15H2,1H3,(H,17,19). The lowest BCUT2D eigenvalue weighted by Crippen LogP contribution is -2.13. The van der Waals surface area contributed by atoms with Gasteiger partial charge in [0.15, 0.2) is 0 Å². The fraction of sp³-hybridized carbons (Fsp3) is 0.143. The zero-order valence-electron chi connectivity index (χ0n) is 10.6. The van der Waals surface area contributed by atoms with Gasteiger partial charge in [-0.1, -0.05) is 24.0 Å². The van der Waals surface area contributed by atoms with E-state index in [0.29, 0.717) is 11.4 Å². The molecule has 1 aromatic carbocycles. The Morgan fingerprint density at radius 1 is 1.47 bits per heavy atom. The number of benzene rings is 1. The van der Waals surface area contributed by atoms with Gasteiger partial charge in [-0.05, 0) is 12.1 Å². The van der Waals surface area contributed by atoms with E-state index in [1.54, 1.807) is 23.2 Å². The number of rotatable bonds is 2. The number of hydrogen-bond donors (Lipinski definition) is 2. The molecular weight excluding hydrogens is 240 g/mol. The third-order valence-electron chi connectivity index (χ3n) is 2.44. The average molecular weight is 254 g/mol. The van der Waals surface area contributed by atoms with Crippen molar-refractivity contribution in [3.05, 3.63) is 48.0 Å². The van der Waals surface area contributed by atoms with E-state index >= 15 is 0 Å². The smallest absolute Gasteiger partial charge is 0.275 e. The van der Waals surface area contributed by atoms with Crippen molar-refractivity contribution < 1.29 is 4.79 Å². The number of para-hydroxylation sites is 1. The number of hydrogen-bond acceptors (Lipinski definition) is 3. The van der Waals surface area contributed by atoms with Gasteiger partial charge in [-0.2, -0.15) is 0 Å². The Labute approximate surface area is 111 Å². The van der Waals surface area contributed by atoms with Crippen LogP contribution in [-0.4, -0.2) is 22.0 Å². The first-order chi connectivity index (χ1) is 9.20. The summed E-state index contributed by atoms with van der Waals surface area (Å²) in [7, 11) is 1.81. The highest BCUT2D eigenvalue weighted by molar-refractivity contribution is 6.03. The van der Waals surface area contributed by atoms with E-state index in [4.69, 9.17) is 5.73 Å². The van der Waals surface area contributed by atoms with E-state index in [0.717, 1.165) is 5.56 Å². The van der Waals surface area contributed by atoms with Crippen LogP contribution in [0.25, 0.3) is 0 Å². The van der Waals surface area contributed by atoms with Gasteiger partial charge in [0.05, 0.1) is 18.6 Å². The highest BCUT2D eigenvalue weighted by Gasteiger charge is 2.10. The predicted molar refractivity (Wildman–Crippen MR) is 73.5 cm³/mol. The Bertz CT molecular complexity index is 649.